The third-order valence-electron chi connectivity index (χ3n) is 8.83. The Morgan fingerprint density at radius 1 is 0.446 bits per heavy atom. The Balaban J connectivity index is 1.39. The lowest BCUT2D eigenvalue weighted by Crippen LogP contribution is -2.23. The third kappa shape index (κ3) is 8.72. The number of carbonyl (C=O) groups is 8. The molecule has 0 radical (unpaired) electrons. The highest BCUT2D eigenvalue weighted by Gasteiger charge is 2.26. The van der Waals surface area contributed by atoms with Gasteiger partial charge in [0.15, 0.2) is 11.6 Å². The van der Waals surface area contributed by atoms with E-state index in [0.29, 0.717) is 22.3 Å². The summed E-state index contributed by atoms with van der Waals surface area (Å²) >= 11 is 0. The number of carboxylic acid groups (broad SMARTS) is 4. The molecule has 2 amide bonds. The minimum atomic E-state index is -1.55. The van der Waals surface area contributed by atoms with Gasteiger partial charge < -0.3 is 31.1 Å². The van der Waals surface area contributed by atoms with Crippen LogP contribution in [0.1, 0.15) is 99.6 Å². The molecule has 0 unspecified atom stereocenters. The van der Waals surface area contributed by atoms with Crippen molar-refractivity contribution in [1.82, 2.24) is 5.32 Å². The fraction of sp³-hybridized carbons (Fsp3) is 0.0952. The van der Waals surface area contributed by atoms with Gasteiger partial charge >= 0.3 is 23.9 Å². The quantitative estimate of drug-likeness (QED) is 0.0724. The van der Waals surface area contributed by atoms with E-state index in [-0.39, 0.29) is 40.8 Å². The number of benzene rings is 5. The summed E-state index contributed by atoms with van der Waals surface area (Å²) in [6.45, 7) is 1.89. The number of aryl methyl sites for hydroxylation is 1. The molecule has 0 bridgehead atoms. The number of carbonyl (C=O) groups excluding carboxylic acids is 4. The summed E-state index contributed by atoms with van der Waals surface area (Å²) in [6, 6.07) is 22.6. The largest absolute Gasteiger partial charge is 0.478 e. The second-order valence-corrected chi connectivity index (χ2v) is 12.6. The van der Waals surface area contributed by atoms with Crippen molar-refractivity contribution in [2.75, 3.05) is 12.4 Å². The van der Waals surface area contributed by atoms with Crippen LogP contribution in [0, 0.1) is 6.92 Å². The van der Waals surface area contributed by atoms with Crippen molar-refractivity contribution < 1.29 is 58.8 Å². The molecule has 0 aromatic heterocycles. The molecular weight excluding hydrogens is 724 g/mol. The number of hydrogen-bond donors (Lipinski definition) is 6. The average molecular weight is 757 g/mol. The van der Waals surface area contributed by atoms with Crippen molar-refractivity contribution in [2.45, 2.75) is 19.8 Å². The van der Waals surface area contributed by atoms with Crippen LogP contribution >= 0.6 is 0 Å². The van der Waals surface area contributed by atoms with Crippen molar-refractivity contribution in [3.05, 3.63) is 158 Å². The molecule has 56 heavy (non-hydrogen) atoms. The number of aromatic carboxylic acids is 4. The van der Waals surface area contributed by atoms with Gasteiger partial charge in [-0.15, -0.1) is 0 Å². The van der Waals surface area contributed by atoms with Crippen LogP contribution in [0.4, 0.5) is 5.69 Å². The number of Topliss-reactive ketones (excluding diaryl/α,β-unsaturated/α-hetero) is 2. The smallest absolute Gasteiger partial charge is 0.336 e. The number of amides is 2. The number of rotatable bonds is 14. The summed E-state index contributed by atoms with van der Waals surface area (Å²) in [5, 5.41) is 43.8. The molecule has 5 aromatic carbocycles. The van der Waals surface area contributed by atoms with Crippen molar-refractivity contribution in [3.63, 3.8) is 0 Å². The Morgan fingerprint density at radius 2 is 0.839 bits per heavy atom. The van der Waals surface area contributed by atoms with Crippen molar-refractivity contribution in [1.29, 1.82) is 0 Å². The van der Waals surface area contributed by atoms with Crippen molar-refractivity contribution >= 4 is 52.9 Å². The Bertz CT molecular complexity index is 2470. The zero-order chi connectivity index (χ0) is 40.8. The first kappa shape index (κ1) is 39.5. The SMILES string of the molecule is CNC(=O)c1cc(C(=O)O)c(C(=O)Cc2ccc(NC(=O)c3cc(-c4ccc(C(=O)O)c(C(=O)Cc5ccc(C)cc5)c4)ccc3C(=O)O)cc2)cc1C(=O)O. The second-order valence-electron chi connectivity index (χ2n) is 12.6. The molecule has 0 saturated carbocycles. The fourth-order valence-corrected chi connectivity index (χ4v) is 5.92. The van der Waals surface area contributed by atoms with Crippen molar-refractivity contribution in [3.8, 4) is 11.1 Å². The van der Waals surface area contributed by atoms with E-state index in [1.807, 2.05) is 19.1 Å². The molecule has 0 atom stereocenters. The van der Waals surface area contributed by atoms with E-state index in [0.717, 1.165) is 17.7 Å². The Morgan fingerprint density at radius 3 is 1.32 bits per heavy atom. The zero-order valence-corrected chi connectivity index (χ0v) is 29.7. The van der Waals surface area contributed by atoms with Crippen LogP contribution < -0.4 is 10.6 Å². The van der Waals surface area contributed by atoms with E-state index in [9.17, 15) is 58.8 Å². The molecular formula is C42H32N2O12. The Hall–Kier alpha value is -7.74. The molecule has 5 aromatic rings. The topological polar surface area (TPSA) is 242 Å². The van der Waals surface area contributed by atoms with E-state index < -0.39 is 69.5 Å². The van der Waals surface area contributed by atoms with Gasteiger partial charge in [-0.1, -0.05) is 54.1 Å². The van der Waals surface area contributed by atoms with Crippen LogP contribution in [0.2, 0.25) is 0 Å². The maximum absolute atomic E-state index is 13.5. The monoisotopic (exact) mass is 756 g/mol. The van der Waals surface area contributed by atoms with Gasteiger partial charge in [0.1, 0.15) is 0 Å². The Kier molecular flexibility index (Phi) is 11.6. The predicted molar refractivity (Wildman–Crippen MR) is 201 cm³/mol. The minimum absolute atomic E-state index is 0.0649. The summed E-state index contributed by atoms with van der Waals surface area (Å²) in [4.78, 5) is 100. The van der Waals surface area contributed by atoms with Crippen molar-refractivity contribution in [2.24, 2.45) is 0 Å². The molecule has 0 aliphatic rings. The molecule has 0 fully saturated rings. The van der Waals surface area contributed by atoms with Gasteiger partial charge in [-0.2, -0.15) is 0 Å². The first-order valence-corrected chi connectivity index (χ1v) is 16.7. The van der Waals surface area contributed by atoms with Gasteiger partial charge in [-0.05, 0) is 77.7 Å². The third-order valence-corrected chi connectivity index (χ3v) is 8.83. The highest BCUT2D eigenvalue weighted by molar-refractivity contribution is 6.14. The van der Waals surface area contributed by atoms with Gasteiger partial charge in [0, 0.05) is 36.7 Å². The lowest BCUT2D eigenvalue weighted by Gasteiger charge is -2.13. The first-order chi connectivity index (χ1) is 26.6. The van der Waals surface area contributed by atoms with Crippen LogP contribution in [-0.4, -0.2) is 74.7 Å². The molecule has 0 saturated heterocycles. The zero-order valence-electron chi connectivity index (χ0n) is 29.7. The molecule has 0 spiro atoms. The average Bonchev–Trinajstić information content (AvgIpc) is 3.17. The van der Waals surface area contributed by atoms with E-state index in [4.69, 9.17) is 0 Å². The van der Waals surface area contributed by atoms with Gasteiger partial charge in [0.2, 0.25) is 0 Å². The predicted octanol–water partition coefficient (Wildman–Crippen LogP) is 5.92. The van der Waals surface area contributed by atoms with Crippen LogP contribution in [0.25, 0.3) is 11.1 Å². The highest BCUT2D eigenvalue weighted by atomic mass is 16.4. The van der Waals surface area contributed by atoms with Crippen LogP contribution in [0.5, 0.6) is 0 Å². The van der Waals surface area contributed by atoms with Gasteiger partial charge in [-0.3, -0.25) is 19.2 Å². The summed E-state index contributed by atoms with van der Waals surface area (Å²) < 4.78 is 0. The summed E-state index contributed by atoms with van der Waals surface area (Å²) in [7, 11) is 1.24. The second kappa shape index (κ2) is 16.5. The summed E-state index contributed by atoms with van der Waals surface area (Å²) in [5.74, 6) is -8.70. The number of nitrogens with one attached hydrogen (secondary N) is 2. The molecule has 5 rings (SSSR count). The van der Waals surface area contributed by atoms with E-state index in [2.05, 4.69) is 10.6 Å². The van der Waals surface area contributed by atoms with Gasteiger partial charge in [-0.25, -0.2) is 19.2 Å². The highest BCUT2D eigenvalue weighted by Crippen LogP contribution is 2.28. The first-order valence-electron chi connectivity index (χ1n) is 16.7. The molecule has 282 valence electrons. The maximum Gasteiger partial charge on any atom is 0.336 e. The summed E-state index contributed by atoms with van der Waals surface area (Å²) in [6.07, 6.45) is -0.446. The van der Waals surface area contributed by atoms with E-state index in [1.54, 1.807) is 12.1 Å². The van der Waals surface area contributed by atoms with Crippen LogP contribution in [0.15, 0.2) is 97.1 Å². The van der Waals surface area contributed by atoms with E-state index >= 15 is 0 Å². The van der Waals surface area contributed by atoms with Crippen LogP contribution in [-0.2, 0) is 12.8 Å². The summed E-state index contributed by atoms with van der Waals surface area (Å²) in [5.41, 5.74) is 0.0154. The molecule has 6 N–H and O–H groups in total. The maximum atomic E-state index is 13.5. The normalized spacial score (nSPS) is 10.6. The molecule has 14 heteroatoms. The lowest BCUT2D eigenvalue weighted by atomic mass is 9.92. The standard InChI is InChI=1S/C42H32N2O12/c1-21-3-5-22(6-4-21)15-35(45)29-17-24(9-13-27(29)39(49)50)25-10-14-28(40(51)52)31(18-25)38(48)44-26-11-7-23(8-12-26)16-36(46)30-19-34(42(55)56)32(37(47)43-2)20-33(30)41(53)54/h3-14,17-20H,15-16H2,1-2H3,(H,43,47)(H,44,48)(H,49,50)(H,51,52)(H,53,54)(H,55,56). The van der Waals surface area contributed by atoms with Crippen LogP contribution in [0.3, 0.4) is 0 Å². The molecule has 14 nitrogen and oxygen atoms in total. The number of anilines is 1. The lowest BCUT2D eigenvalue weighted by molar-refractivity contribution is 0.0676. The molecule has 0 aliphatic heterocycles. The minimum Gasteiger partial charge on any atom is -0.478 e. The Labute approximate surface area is 318 Å². The number of carboxylic acids is 4. The van der Waals surface area contributed by atoms with Gasteiger partial charge in [0.25, 0.3) is 11.8 Å². The van der Waals surface area contributed by atoms with E-state index in [1.165, 1.54) is 67.7 Å². The number of ketones is 2. The fourth-order valence-electron chi connectivity index (χ4n) is 5.92. The van der Waals surface area contributed by atoms with Gasteiger partial charge in [0.05, 0.1) is 33.4 Å². The molecule has 0 heterocycles. The molecule has 0 aliphatic carbocycles. The number of hydrogen-bond acceptors (Lipinski definition) is 8.